The first-order valence-corrected chi connectivity index (χ1v) is 50.6. The minimum absolute atomic E-state index is 0. The third kappa shape index (κ3) is 32.5. The Kier molecular flexibility index (Phi) is 46.4. The fourth-order valence-corrected chi connectivity index (χ4v) is 20.6. The smallest absolute Gasteiger partial charge is 0.351 e. The van der Waals surface area contributed by atoms with Gasteiger partial charge in [-0.3, -0.25) is 18.7 Å². The van der Waals surface area contributed by atoms with Crippen LogP contribution in [0.3, 0.4) is 0 Å². The maximum absolute atomic E-state index is 13.3. The number of benzene rings is 6. The van der Waals surface area contributed by atoms with Gasteiger partial charge in [0.2, 0.25) is 19.5 Å². The largest absolute Gasteiger partial charge is 0.497 e. The second kappa shape index (κ2) is 55.5. The van der Waals surface area contributed by atoms with Crippen LogP contribution < -0.4 is 41.0 Å². The quantitative estimate of drug-likeness (QED) is 0.0110. The number of ether oxygens (including phenoxy) is 11. The van der Waals surface area contributed by atoms with Crippen LogP contribution in [0.1, 0.15) is 109 Å². The number of aromatic nitrogens is 4. The molecule has 2 amide bonds. The number of halogens is 2. The van der Waals surface area contributed by atoms with E-state index in [1.807, 2.05) is 164 Å². The van der Waals surface area contributed by atoms with Crippen LogP contribution in [0.2, 0.25) is 0 Å². The topological polar surface area (TPSA) is 408 Å². The zero-order chi connectivity index (χ0) is 98.2. The number of morpholine rings is 2. The Hall–Kier alpha value is -9.48. The highest BCUT2D eigenvalue weighted by Gasteiger charge is 2.51. The number of alkyl halides is 1. The monoisotopic (exact) mass is 2030 g/mol. The molecule has 6 aromatic carbocycles. The minimum atomic E-state index is -3.21. The lowest BCUT2D eigenvalue weighted by atomic mass is 9.80. The van der Waals surface area contributed by atoms with Crippen LogP contribution in [0.4, 0.5) is 11.6 Å². The third-order valence-electron chi connectivity index (χ3n) is 22.2. The number of methoxy groups -OCH3 is 4. The summed E-state index contributed by atoms with van der Waals surface area (Å²) >= 11 is 24.2. The zero-order valence-corrected chi connectivity index (χ0v) is 83.2. The van der Waals surface area contributed by atoms with Crippen LogP contribution in [-0.4, -0.2) is 311 Å². The van der Waals surface area contributed by atoms with E-state index in [4.69, 9.17) is 109 Å². The number of thiocarbonyl (C=S) groups is 2. The molecule has 42 heteroatoms. The summed E-state index contributed by atoms with van der Waals surface area (Å²) in [5.41, 5.74) is 2.47. The molecule has 0 aliphatic carbocycles. The molecule has 14 rings (SSSR count). The molecular formula is C95H129Cl2N12O23PS4. The van der Waals surface area contributed by atoms with Crippen molar-refractivity contribution in [3.05, 3.63) is 237 Å². The zero-order valence-electron chi connectivity index (χ0n) is 77.6. The average Bonchev–Trinajstić information content (AvgIpc) is 1.31. The lowest BCUT2D eigenvalue weighted by Crippen LogP contribution is -2.47. The fraction of sp³-hybridized carbons (Fsp3) is 0.484. The Labute approximate surface area is 824 Å². The normalized spacial score (nSPS) is 20.3. The first-order chi connectivity index (χ1) is 64.5. The number of carbonyl (C=O) groups excluding carboxylic acids is 2. The van der Waals surface area contributed by atoms with Crippen molar-refractivity contribution in [1.29, 1.82) is 5.26 Å². The summed E-state index contributed by atoms with van der Waals surface area (Å²) in [6, 6.07) is 55.8. The molecular weight excluding hydrogens is 1910 g/mol. The van der Waals surface area contributed by atoms with Gasteiger partial charge in [0.25, 0.3) is 10.3 Å². The van der Waals surface area contributed by atoms with Crippen molar-refractivity contribution in [2.45, 2.75) is 134 Å². The number of nitrogens with zero attached hydrogens (tertiary/aromatic N) is 10. The van der Waals surface area contributed by atoms with E-state index in [1.54, 1.807) is 38.2 Å². The van der Waals surface area contributed by atoms with Crippen LogP contribution in [0.15, 0.2) is 192 Å². The summed E-state index contributed by atoms with van der Waals surface area (Å²) in [6.07, 6.45) is -6.53. The van der Waals surface area contributed by atoms with Crippen molar-refractivity contribution >= 4 is 108 Å². The molecule has 5 N–H and O–H groups in total. The highest BCUT2D eigenvalue weighted by molar-refractivity contribution is 7.91. The number of anilines is 2. The Bertz CT molecular complexity index is 5340. The number of nitrogens with one attached hydrogen (secondary N) is 2. The summed E-state index contributed by atoms with van der Waals surface area (Å²) in [7, 11) is 3.30. The van der Waals surface area contributed by atoms with Gasteiger partial charge in [-0.1, -0.05) is 124 Å². The van der Waals surface area contributed by atoms with E-state index in [2.05, 4.69) is 76.9 Å². The Morgan fingerprint density at radius 2 is 0.876 bits per heavy atom. The fourth-order valence-electron chi connectivity index (χ4n) is 14.9. The van der Waals surface area contributed by atoms with E-state index in [-0.39, 0.29) is 92.6 Å². The SMILES string of the molecule is C.C.CC(=O)Nc1ccn([C@@H]2O[C@H](CO)[C@H](O)C2OC(=S)N2CCS(=O)(=O)CC2)c(=O)n1.CC(C)N(C(C)C)P(Cl)OCCC#N.CN1CCOCC1.CN1CCOCC1.COc1ccc(C(Cl)(c2ccccc2)c2ccc(OC)cc2)cc1.COc1ccc(C(OC[C@H]2O[C@@H](n3ccc(NC(C)=O)nc3=O)C(OC(=S)N3CCS(=O)(=O)CC3)[C@H]2O)(c2ccccc2)c2ccc(OC)cc2)cc1. The van der Waals surface area contributed by atoms with Crippen molar-refractivity contribution in [3.63, 3.8) is 0 Å². The molecule has 6 saturated heterocycles. The van der Waals surface area contributed by atoms with E-state index in [0.29, 0.717) is 36.6 Å². The van der Waals surface area contributed by atoms with Gasteiger partial charge in [-0.2, -0.15) is 15.2 Å². The van der Waals surface area contributed by atoms with E-state index >= 15 is 0 Å². The Morgan fingerprint density at radius 3 is 1.19 bits per heavy atom. The number of sulfone groups is 2. The average molecular weight is 2040 g/mol. The second-order valence-electron chi connectivity index (χ2n) is 32.3. The van der Waals surface area contributed by atoms with Gasteiger partial charge in [0.05, 0.1) is 110 Å². The molecule has 6 fully saturated rings. The predicted molar refractivity (Wildman–Crippen MR) is 536 cm³/mol. The molecule has 35 nitrogen and oxygen atoms in total. The number of aliphatic hydroxyl groups excluding tert-OH is 3. The number of hydrogen-bond donors (Lipinski definition) is 5. The van der Waals surface area contributed by atoms with Gasteiger partial charge in [0.1, 0.15) is 69.5 Å². The third-order valence-corrected chi connectivity index (χ3v) is 29.3. The minimum Gasteiger partial charge on any atom is -0.497 e. The summed E-state index contributed by atoms with van der Waals surface area (Å²) in [4.78, 5) is 63.1. The van der Waals surface area contributed by atoms with Gasteiger partial charge in [0, 0.05) is 90.7 Å². The summed E-state index contributed by atoms with van der Waals surface area (Å²) < 4.78 is 119. The first-order valence-electron chi connectivity index (χ1n) is 43.6. The number of nitriles is 1. The van der Waals surface area contributed by atoms with Gasteiger partial charge in [-0.05, 0) is 172 Å². The molecule has 8 aromatic rings. The molecule has 3 unspecified atom stereocenters. The maximum Gasteiger partial charge on any atom is 0.351 e. The van der Waals surface area contributed by atoms with Crippen LogP contribution in [0, 0.1) is 11.3 Å². The van der Waals surface area contributed by atoms with E-state index in [9.17, 15) is 51.3 Å². The lowest BCUT2D eigenvalue weighted by Gasteiger charge is -2.37. The number of likely N-dealkylation sites (N-methyl/N-ethyl adjacent to an activating group) is 2. The number of carbonyl (C=O) groups is 2. The number of hydrogen-bond acceptors (Lipinski definition) is 31. The van der Waals surface area contributed by atoms with Gasteiger partial charge in [-0.25, -0.2) is 31.1 Å². The van der Waals surface area contributed by atoms with E-state index in [0.717, 1.165) is 107 Å². The van der Waals surface area contributed by atoms with E-state index < -0.39 is 117 Å². The summed E-state index contributed by atoms with van der Waals surface area (Å²) in [6.45, 7) is 19.2. The van der Waals surface area contributed by atoms with Gasteiger partial charge in [0.15, 0.2) is 44.3 Å². The van der Waals surface area contributed by atoms with Crippen molar-refractivity contribution in [1.82, 2.24) is 43.4 Å². The molecule has 0 radical (unpaired) electrons. The van der Waals surface area contributed by atoms with Crippen LogP contribution in [-0.2, 0) is 77.4 Å². The van der Waals surface area contributed by atoms with Gasteiger partial charge >= 0.3 is 11.4 Å². The van der Waals surface area contributed by atoms with Crippen LogP contribution >= 0.6 is 54.9 Å². The maximum atomic E-state index is 13.3. The first kappa shape index (κ1) is 114. The molecule has 137 heavy (non-hydrogen) atoms. The Morgan fingerprint density at radius 1 is 0.547 bits per heavy atom. The molecule has 8 heterocycles. The molecule has 6 aliphatic heterocycles. The Balaban J connectivity index is 0.000000256. The van der Waals surface area contributed by atoms with Crippen molar-refractivity contribution in [2.24, 2.45) is 0 Å². The molecule has 0 spiro atoms. The van der Waals surface area contributed by atoms with E-state index in [1.165, 1.54) is 38.4 Å². The number of rotatable bonds is 26. The van der Waals surface area contributed by atoms with Crippen molar-refractivity contribution in [3.8, 4) is 29.1 Å². The van der Waals surface area contributed by atoms with Gasteiger partial charge < -0.3 is 102 Å². The second-order valence-corrected chi connectivity index (χ2v) is 40.2. The molecule has 750 valence electrons. The van der Waals surface area contributed by atoms with Crippen molar-refractivity contribution < 1.29 is 98.4 Å². The van der Waals surface area contributed by atoms with Crippen LogP contribution in [0.25, 0.3) is 0 Å². The molecule has 9 atom stereocenters. The number of amides is 2. The van der Waals surface area contributed by atoms with Crippen LogP contribution in [0.5, 0.6) is 23.0 Å². The summed E-state index contributed by atoms with van der Waals surface area (Å²) in [5.74, 6) is 1.82. The highest BCUT2D eigenvalue weighted by Crippen LogP contribution is 2.50. The van der Waals surface area contributed by atoms with Gasteiger partial charge in [-0.15, -0.1) is 11.6 Å². The molecule has 2 aromatic heterocycles. The van der Waals surface area contributed by atoms with Crippen molar-refractivity contribution in [2.75, 3.05) is 175 Å². The highest BCUT2D eigenvalue weighted by atomic mass is 35.7. The molecule has 6 aliphatic rings. The summed E-state index contributed by atoms with van der Waals surface area (Å²) in [5, 5.41) is 45.0. The standard InChI is InChI=1S/C37H40N4O10S2.C21H19ClO2.C16H22N4O8S2.C9H18ClN2OP.2C5H11NO.2CH4/c1-24(42)38-31-17-18-41(35(44)39-31)34-33(51-36(52)40-19-21-53(45,46)22-20-40)32(43)30(50-34)23-49-37(25-7-5-4-6-8-25,26-9-13-28(47-2)14-10-26)27-11-15-29(48-3)16-12-27;1-23-19-12-8-17(9-13-19)21(22,16-6-4-3-5-7-16)18-10-14-20(24-2)15-11-18;1-9(22)17-11-2-3-20(15(24)18-11)14-13(12(23)10(8-21)27-14)28-16(29)19-4-6-30(25,26)7-5-19;1-8(2)12(9(3)4)14(10)13-7-5-6-11;2*1-6-2-4-7-5-3-6;;/h4-18,30,32-34,43H,19-23H2,1-3H3,(H,38,39,42,44);3-15H,1-2H3;2-3,10,12-14,21,23H,4-8H2,1H3,(H,17,18,22,24);8-9H,5,7H2,1-4H3;2*2-5H2,1H3;2*1H4/t30-,32+,33?,34-;;10-,12+,13?,14-;;;;;/m1.1...../s1. The number of aliphatic hydroxyl groups is 3. The lowest BCUT2D eigenvalue weighted by molar-refractivity contribution is -0.115. The molecule has 0 saturated carbocycles. The molecule has 0 bridgehead atoms. The predicted octanol–water partition coefficient (Wildman–Crippen LogP) is 10.6.